The lowest BCUT2D eigenvalue weighted by atomic mass is 10.3. The molecule has 1 aromatic rings. The van der Waals surface area contributed by atoms with Crippen molar-refractivity contribution in [3.63, 3.8) is 0 Å². The highest BCUT2D eigenvalue weighted by atomic mass is 79.9. The van der Waals surface area contributed by atoms with E-state index in [0.29, 0.717) is 25.9 Å². The maximum atomic E-state index is 5.68. The summed E-state index contributed by atoms with van der Waals surface area (Å²) in [5, 5.41) is 9.19. The number of ether oxygens (including phenoxy) is 2. The van der Waals surface area contributed by atoms with Gasteiger partial charge >= 0.3 is 0 Å². The fraction of sp³-hybridized carbons (Fsp3) is 0.800. The van der Waals surface area contributed by atoms with Crippen molar-refractivity contribution >= 4 is 15.9 Å². The number of alkyl halides is 1. The van der Waals surface area contributed by atoms with Crippen molar-refractivity contribution in [3.05, 3.63) is 11.6 Å². The van der Waals surface area contributed by atoms with Crippen molar-refractivity contribution in [1.82, 2.24) is 14.8 Å². The van der Waals surface area contributed by atoms with Crippen LogP contribution in [0.4, 0.5) is 0 Å². The molecule has 3 rings (SSSR count). The number of nitrogens with zero attached hydrogens (tertiary/aromatic N) is 3. The zero-order valence-electron chi connectivity index (χ0n) is 8.93. The molecule has 1 aromatic heterocycles. The highest BCUT2D eigenvalue weighted by Gasteiger charge is 2.33. The summed E-state index contributed by atoms with van der Waals surface area (Å²) < 4.78 is 13.3. The fourth-order valence-corrected chi connectivity index (χ4v) is 2.40. The Morgan fingerprint density at radius 1 is 1.31 bits per heavy atom. The van der Waals surface area contributed by atoms with Gasteiger partial charge in [-0.1, -0.05) is 15.9 Å². The van der Waals surface area contributed by atoms with Gasteiger partial charge in [0.1, 0.15) is 11.9 Å². The summed E-state index contributed by atoms with van der Waals surface area (Å²) in [6.45, 7) is 1.92. The number of halogens is 1. The van der Waals surface area contributed by atoms with Crippen LogP contribution in [-0.2, 0) is 14.8 Å². The van der Waals surface area contributed by atoms with Crippen molar-refractivity contribution in [3.8, 4) is 0 Å². The number of hydrogen-bond donors (Lipinski definition) is 0. The van der Waals surface area contributed by atoms with Crippen molar-refractivity contribution in [1.29, 1.82) is 0 Å². The van der Waals surface area contributed by atoms with Crippen LogP contribution in [0, 0.1) is 0 Å². The zero-order valence-corrected chi connectivity index (χ0v) is 10.5. The zero-order chi connectivity index (χ0) is 11.0. The van der Waals surface area contributed by atoms with Gasteiger partial charge in [0.05, 0.1) is 25.2 Å². The van der Waals surface area contributed by atoms with Crippen molar-refractivity contribution in [2.75, 3.05) is 19.8 Å². The molecule has 6 heteroatoms. The predicted octanol–water partition coefficient (Wildman–Crippen LogP) is 1.60. The molecule has 0 spiro atoms. The lowest BCUT2D eigenvalue weighted by Gasteiger charge is -2.22. The average molecular weight is 288 g/mol. The van der Waals surface area contributed by atoms with E-state index >= 15 is 0 Å². The maximum absolute atomic E-state index is 5.68. The summed E-state index contributed by atoms with van der Waals surface area (Å²) in [5.74, 6) is 1.92. The molecule has 1 aliphatic carbocycles. The molecular formula is C10H14BrN3O2. The van der Waals surface area contributed by atoms with Crippen LogP contribution in [0.2, 0.25) is 0 Å². The second kappa shape index (κ2) is 4.43. The van der Waals surface area contributed by atoms with Crippen molar-refractivity contribution in [2.24, 2.45) is 0 Å². The third-order valence-corrected chi connectivity index (χ3v) is 3.43. The third-order valence-electron chi connectivity index (χ3n) is 2.93. The third kappa shape index (κ3) is 1.89. The largest absolute Gasteiger partial charge is 0.376 e. The normalized spacial score (nSPS) is 25.9. The lowest BCUT2D eigenvalue weighted by Crippen LogP contribution is -2.25. The highest BCUT2D eigenvalue weighted by Crippen LogP contribution is 2.38. The molecule has 0 aromatic carbocycles. The first-order chi connectivity index (χ1) is 7.90. The van der Waals surface area contributed by atoms with E-state index in [1.807, 2.05) is 0 Å². The topological polar surface area (TPSA) is 49.2 Å². The molecule has 2 fully saturated rings. The van der Waals surface area contributed by atoms with Crippen LogP contribution in [0.25, 0.3) is 0 Å². The second-order valence-corrected chi connectivity index (χ2v) is 4.70. The predicted molar refractivity (Wildman–Crippen MR) is 60.4 cm³/mol. The number of hydrogen-bond acceptors (Lipinski definition) is 4. The molecule has 88 valence electrons. The van der Waals surface area contributed by atoms with Gasteiger partial charge in [-0.2, -0.15) is 0 Å². The van der Waals surface area contributed by atoms with Crippen LogP contribution in [-0.4, -0.2) is 34.6 Å². The number of rotatable bonds is 3. The first kappa shape index (κ1) is 10.7. The molecule has 2 aliphatic rings. The maximum Gasteiger partial charge on any atom is 0.164 e. The molecule has 2 heterocycles. The highest BCUT2D eigenvalue weighted by molar-refractivity contribution is 9.08. The van der Waals surface area contributed by atoms with Gasteiger partial charge in [-0.3, -0.25) is 0 Å². The summed E-state index contributed by atoms with van der Waals surface area (Å²) >= 11 is 3.45. The van der Waals surface area contributed by atoms with Crippen LogP contribution in [0.5, 0.6) is 0 Å². The van der Waals surface area contributed by atoms with Gasteiger partial charge in [-0.05, 0) is 12.8 Å². The van der Waals surface area contributed by atoms with E-state index in [-0.39, 0.29) is 6.10 Å². The monoisotopic (exact) mass is 287 g/mol. The Kier molecular flexibility index (Phi) is 2.95. The minimum absolute atomic E-state index is 0.0466. The molecule has 1 atom stereocenters. The van der Waals surface area contributed by atoms with E-state index < -0.39 is 0 Å². The molecule has 0 bridgehead atoms. The Bertz CT molecular complexity index is 372. The first-order valence-electron chi connectivity index (χ1n) is 5.59. The molecule has 0 N–H and O–H groups in total. The molecule has 1 saturated carbocycles. The van der Waals surface area contributed by atoms with Crippen LogP contribution >= 0.6 is 15.9 Å². The summed E-state index contributed by atoms with van der Waals surface area (Å²) in [7, 11) is 0. The van der Waals surface area contributed by atoms with Crippen LogP contribution < -0.4 is 0 Å². The van der Waals surface area contributed by atoms with Gasteiger partial charge in [0, 0.05) is 6.04 Å². The molecule has 5 nitrogen and oxygen atoms in total. The van der Waals surface area contributed by atoms with Gasteiger partial charge in [-0.15, -0.1) is 10.2 Å². The standard InChI is InChI=1S/C10H14BrN3O2/c11-5-9-12-13-10(14(9)7-1-2-7)8-6-15-3-4-16-8/h7-8H,1-6H2. The van der Waals surface area contributed by atoms with Crippen molar-refractivity contribution in [2.45, 2.75) is 30.3 Å². The lowest BCUT2D eigenvalue weighted by molar-refractivity contribution is -0.0948. The van der Waals surface area contributed by atoms with Gasteiger partial charge in [0.25, 0.3) is 0 Å². The fourth-order valence-electron chi connectivity index (χ4n) is 2.02. The minimum atomic E-state index is -0.0466. The molecule has 0 radical (unpaired) electrons. The van der Waals surface area contributed by atoms with Gasteiger partial charge < -0.3 is 14.0 Å². The summed E-state index contributed by atoms with van der Waals surface area (Å²) in [5.41, 5.74) is 0. The van der Waals surface area contributed by atoms with E-state index in [4.69, 9.17) is 9.47 Å². The van der Waals surface area contributed by atoms with E-state index in [1.54, 1.807) is 0 Å². The first-order valence-corrected chi connectivity index (χ1v) is 6.71. The van der Waals surface area contributed by atoms with Gasteiger partial charge in [0.2, 0.25) is 0 Å². The van der Waals surface area contributed by atoms with E-state index in [0.717, 1.165) is 17.0 Å². The van der Waals surface area contributed by atoms with Crippen molar-refractivity contribution < 1.29 is 9.47 Å². The quantitative estimate of drug-likeness (QED) is 0.793. The second-order valence-electron chi connectivity index (χ2n) is 4.14. The summed E-state index contributed by atoms with van der Waals surface area (Å²) in [4.78, 5) is 0. The van der Waals surface area contributed by atoms with Crippen LogP contribution in [0.3, 0.4) is 0 Å². The summed E-state index contributed by atoms with van der Waals surface area (Å²) in [6.07, 6.45) is 2.40. The molecular weight excluding hydrogens is 274 g/mol. The van der Waals surface area contributed by atoms with Gasteiger partial charge in [-0.25, -0.2) is 0 Å². The molecule has 0 amide bonds. The molecule has 1 unspecified atom stereocenters. The van der Waals surface area contributed by atoms with Crippen LogP contribution in [0.1, 0.15) is 36.6 Å². The van der Waals surface area contributed by atoms with Gasteiger partial charge in [0.15, 0.2) is 5.82 Å². The Balaban J connectivity index is 1.89. The van der Waals surface area contributed by atoms with Crippen LogP contribution in [0.15, 0.2) is 0 Å². The SMILES string of the molecule is BrCc1nnc(C2COCCO2)n1C1CC1. The van der Waals surface area contributed by atoms with E-state index in [9.17, 15) is 0 Å². The summed E-state index contributed by atoms with van der Waals surface area (Å²) in [6, 6.07) is 0.572. The average Bonchev–Trinajstić information content (AvgIpc) is 3.09. The van der Waals surface area contributed by atoms with E-state index in [1.165, 1.54) is 12.8 Å². The Hall–Kier alpha value is -0.460. The molecule has 16 heavy (non-hydrogen) atoms. The Morgan fingerprint density at radius 3 is 2.81 bits per heavy atom. The Morgan fingerprint density at radius 2 is 2.19 bits per heavy atom. The molecule has 1 aliphatic heterocycles. The van der Waals surface area contributed by atoms with E-state index in [2.05, 4.69) is 30.7 Å². The number of aromatic nitrogens is 3. The minimum Gasteiger partial charge on any atom is -0.376 e. The molecule has 1 saturated heterocycles. The Labute approximate surface area is 102 Å². The smallest absolute Gasteiger partial charge is 0.164 e.